The number of hydrogen-bond acceptors (Lipinski definition) is 5. The zero-order chi connectivity index (χ0) is 16.7. The van der Waals surface area contributed by atoms with Crippen molar-refractivity contribution in [2.75, 3.05) is 5.75 Å². The van der Waals surface area contributed by atoms with Gasteiger partial charge in [0.2, 0.25) is 0 Å². The van der Waals surface area contributed by atoms with Gasteiger partial charge in [-0.05, 0) is 38.0 Å². The van der Waals surface area contributed by atoms with E-state index in [1.165, 1.54) is 34.2 Å². The molecule has 0 spiro atoms. The number of carboxylic acids is 1. The maximum Gasteiger partial charge on any atom is 0.352 e. The number of hydrogen-bond donors (Lipinski definition) is 1. The van der Waals surface area contributed by atoms with Crippen molar-refractivity contribution >= 4 is 41.3 Å². The lowest BCUT2D eigenvalue weighted by Gasteiger charge is -2.44. The van der Waals surface area contributed by atoms with Crippen molar-refractivity contribution in [1.82, 2.24) is 4.90 Å². The van der Waals surface area contributed by atoms with Gasteiger partial charge >= 0.3 is 5.97 Å². The van der Waals surface area contributed by atoms with Gasteiger partial charge in [-0.2, -0.15) is 0 Å². The number of nitrogens with zero attached hydrogens (tertiary/aromatic N) is 2. The molecule has 0 unspecified atom stereocenters. The molecule has 1 atom stereocenters. The van der Waals surface area contributed by atoms with Crippen LogP contribution in [-0.2, 0) is 9.59 Å². The predicted octanol–water partition coefficient (Wildman–Crippen LogP) is 3.03. The van der Waals surface area contributed by atoms with E-state index in [4.69, 9.17) is 0 Å². The van der Waals surface area contributed by atoms with Crippen LogP contribution in [-0.4, -0.2) is 38.7 Å². The summed E-state index contributed by atoms with van der Waals surface area (Å²) < 4.78 is 4.38. The van der Waals surface area contributed by atoms with Crippen molar-refractivity contribution in [1.29, 1.82) is 0 Å². The molecule has 0 aromatic heterocycles. The second kappa shape index (κ2) is 6.05. The fourth-order valence-corrected chi connectivity index (χ4v) is 4.59. The number of rotatable bonds is 3. The van der Waals surface area contributed by atoms with E-state index in [0.29, 0.717) is 17.0 Å². The minimum Gasteiger partial charge on any atom is -0.477 e. The Bertz CT molecular complexity index is 771. The number of benzene rings is 1. The molecule has 1 saturated heterocycles. The number of aryl methyl sites for hydroxylation is 2. The fraction of sp³-hybridized carbons (Fsp3) is 0.312. The molecule has 23 heavy (non-hydrogen) atoms. The SMILES string of the molecule is CC1=C(C(=O)O)N2C(=O)/C(=N/Sc3ccc(C)cc3C)[C@H]2SC1. The monoisotopic (exact) mass is 348 g/mol. The molecule has 1 amide bonds. The number of amides is 1. The maximum absolute atomic E-state index is 12.3. The zero-order valence-electron chi connectivity index (χ0n) is 13.0. The summed E-state index contributed by atoms with van der Waals surface area (Å²) in [5.41, 5.74) is 3.55. The van der Waals surface area contributed by atoms with Crippen LogP contribution >= 0.6 is 23.7 Å². The topological polar surface area (TPSA) is 70.0 Å². The molecular formula is C16H16N2O3S2. The van der Waals surface area contributed by atoms with Crippen molar-refractivity contribution in [2.24, 2.45) is 4.40 Å². The molecule has 3 rings (SSSR count). The molecule has 0 radical (unpaired) electrons. The Labute approximate surface area is 143 Å². The van der Waals surface area contributed by atoms with Crippen LogP contribution in [0.5, 0.6) is 0 Å². The van der Waals surface area contributed by atoms with Crippen molar-refractivity contribution in [2.45, 2.75) is 31.0 Å². The van der Waals surface area contributed by atoms with Crippen molar-refractivity contribution in [3.05, 3.63) is 40.6 Å². The fourth-order valence-electron chi connectivity index (χ4n) is 2.61. The highest BCUT2D eigenvalue weighted by Gasteiger charge is 2.50. The molecule has 0 bridgehead atoms. The van der Waals surface area contributed by atoms with E-state index in [1.807, 2.05) is 26.0 Å². The third-order valence-corrected chi connectivity index (χ3v) is 6.08. The molecule has 2 aliphatic heterocycles. The van der Waals surface area contributed by atoms with Crippen LogP contribution in [0, 0.1) is 13.8 Å². The van der Waals surface area contributed by atoms with E-state index in [0.717, 1.165) is 10.5 Å². The predicted molar refractivity (Wildman–Crippen MR) is 92.6 cm³/mol. The smallest absolute Gasteiger partial charge is 0.352 e. The molecule has 1 aromatic carbocycles. The number of thioether (sulfide) groups is 1. The first-order valence-electron chi connectivity index (χ1n) is 7.10. The first-order valence-corrected chi connectivity index (χ1v) is 8.92. The van der Waals surface area contributed by atoms with Crippen LogP contribution < -0.4 is 0 Å². The second-order valence-corrected chi connectivity index (χ2v) is 7.48. The van der Waals surface area contributed by atoms with Gasteiger partial charge in [-0.25, -0.2) is 9.19 Å². The molecule has 0 saturated carbocycles. The third-order valence-electron chi connectivity index (χ3n) is 3.78. The molecule has 1 fully saturated rings. The highest BCUT2D eigenvalue weighted by atomic mass is 32.2. The molecule has 5 nitrogen and oxygen atoms in total. The first kappa shape index (κ1) is 16.1. The number of carbonyl (C=O) groups is 2. The summed E-state index contributed by atoms with van der Waals surface area (Å²) in [7, 11) is 0. The summed E-state index contributed by atoms with van der Waals surface area (Å²) in [5.74, 6) is -0.762. The molecule has 0 aliphatic carbocycles. The minimum atomic E-state index is -1.05. The average Bonchev–Trinajstić information content (AvgIpc) is 2.49. The lowest BCUT2D eigenvalue weighted by atomic mass is 10.1. The Kier molecular flexibility index (Phi) is 4.25. The summed E-state index contributed by atoms with van der Waals surface area (Å²) in [4.78, 5) is 26.0. The van der Waals surface area contributed by atoms with E-state index in [2.05, 4.69) is 10.5 Å². The Morgan fingerprint density at radius 1 is 1.39 bits per heavy atom. The number of carbonyl (C=O) groups excluding carboxylic acids is 1. The van der Waals surface area contributed by atoms with Crippen LogP contribution in [0.3, 0.4) is 0 Å². The summed E-state index contributed by atoms with van der Waals surface area (Å²) in [6, 6.07) is 6.07. The van der Waals surface area contributed by atoms with Gasteiger partial charge in [-0.1, -0.05) is 17.7 Å². The van der Waals surface area contributed by atoms with Gasteiger partial charge in [0.15, 0.2) is 0 Å². The van der Waals surface area contributed by atoms with Crippen LogP contribution in [0.15, 0.2) is 38.8 Å². The van der Waals surface area contributed by atoms with Crippen molar-refractivity contribution in [3.8, 4) is 0 Å². The first-order chi connectivity index (χ1) is 10.9. The highest BCUT2D eigenvalue weighted by Crippen LogP contribution is 2.39. The molecule has 2 aliphatic rings. The Hall–Kier alpha value is -1.73. The van der Waals surface area contributed by atoms with E-state index in [1.54, 1.807) is 6.92 Å². The Balaban J connectivity index is 1.82. The average molecular weight is 348 g/mol. The van der Waals surface area contributed by atoms with Gasteiger partial charge in [0, 0.05) is 22.6 Å². The minimum absolute atomic E-state index is 0.106. The summed E-state index contributed by atoms with van der Waals surface area (Å²) in [5, 5.41) is 9.02. The molecular weight excluding hydrogens is 332 g/mol. The third kappa shape index (κ3) is 2.79. The molecule has 1 aromatic rings. The van der Waals surface area contributed by atoms with Gasteiger partial charge in [0.1, 0.15) is 16.8 Å². The van der Waals surface area contributed by atoms with Gasteiger partial charge in [0.05, 0.1) is 0 Å². The van der Waals surface area contributed by atoms with Crippen LogP contribution in [0.4, 0.5) is 0 Å². The number of carboxylic acid groups (broad SMARTS) is 1. The summed E-state index contributed by atoms with van der Waals surface area (Å²) >= 11 is 2.81. The quantitative estimate of drug-likeness (QED) is 0.672. The lowest BCUT2D eigenvalue weighted by molar-refractivity contribution is -0.139. The largest absolute Gasteiger partial charge is 0.477 e. The van der Waals surface area contributed by atoms with E-state index in [-0.39, 0.29) is 17.0 Å². The van der Waals surface area contributed by atoms with Crippen molar-refractivity contribution < 1.29 is 14.7 Å². The second-order valence-electron chi connectivity index (χ2n) is 5.61. The number of fused-ring (bicyclic) bond motifs is 1. The summed E-state index contributed by atoms with van der Waals surface area (Å²) in [6.07, 6.45) is 0. The van der Waals surface area contributed by atoms with Gasteiger partial charge in [0.25, 0.3) is 5.91 Å². The standard InChI is InChI=1S/C16H16N2O3S2/c1-8-4-5-11(9(2)6-8)23-17-12-14(19)18-13(16(20)21)10(3)7-22-15(12)18/h4-6,15H,7H2,1-3H3,(H,20,21)/b17-12-/t15-/m1/s1. The normalized spacial score (nSPS) is 22.2. The number of aliphatic carboxylic acids is 1. The van der Waals surface area contributed by atoms with Gasteiger partial charge < -0.3 is 5.11 Å². The number of β-lactam (4-membered cyclic amide) rings is 1. The van der Waals surface area contributed by atoms with Crippen LogP contribution in [0.25, 0.3) is 0 Å². The van der Waals surface area contributed by atoms with Gasteiger partial charge in [-0.15, -0.1) is 11.8 Å². The van der Waals surface area contributed by atoms with E-state index in [9.17, 15) is 14.7 Å². The molecule has 120 valence electrons. The lowest BCUT2D eigenvalue weighted by Crippen LogP contribution is -2.62. The Morgan fingerprint density at radius 3 is 2.78 bits per heavy atom. The van der Waals surface area contributed by atoms with Crippen LogP contribution in [0.1, 0.15) is 18.1 Å². The maximum atomic E-state index is 12.3. The molecule has 1 N–H and O–H groups in total. The van der Waals surface area contributed by atoms with E-state index >= 15 is 0 Å². The van der Waals surface area contributed by atoms with E-state index < -0.39 is 5.97 Å². The van der Waals surface area contributed by atoms with Crippen molar-refractivity contribution in [3.63, 3.8) is 0 Å². The Morgan fingerprint density at radius 2 is 2.13 bits per heavy atom. The van der Waals surface area contributed by atoms with Crippen LogP contribution in [0.2, 0.25) is 0 Å². The van der Waals surface area contributed by atoms with Gasteiger partial charge in [-0.3, -0.25) is 9.69 Å². The zero-order valence-corrected chi connectivity index (χ0v) is 14.6. The highest BCUT2D eigenvalue weighted by molar-refractivity contribution is 8.01. The molecule has 2 heterocycles. The summed E-state index contributed by atoms with van der Waals surface area (Å²) in [6.45, 7) is 5.79. The molecule has 7 heteroatoms.